The van der Waals surface area contributed by atoms with Crippen LogP contribution in [-0.2, 0) is 34.2 Å². The van der Waals surface area contributed by atoms with Crippen molar-refractivity contribution in [1.82, 2.24) is 0 Å². The molecular weight excluding hydrogens is 815 g/mol. The molecule has 9 rings (SSSR count). The van der Waals surface area contributed by atoms with Gasteiger partial charge in [0.2, 0.25) is 0 Å². The summed E-state index contributed by atoms with van der Waals surface area (Å²) in [5.74, 6) is 0. The van der Waals surface area contributed by atoms with Crippen LogP contribution in [0.15, 0.2) is 158 Å². The number of hydrogen-bond donors (Lipinski definition) is 0. The van der Waals surface area contributed by atoms with E-state index in [-0.39, 0.29) is 43.1 Å². The summed E-state index contributed by atoms with van der Waals surface area (Å²) < 4.78 is 0. The van der Waals surface area contributed by atoms with Gasteiger partial charge in [-0.1, -0.05) is 144 Å². The van der Waals surface area contributed by atoms with Gasteiger partial charge < -0.3 is 7.43 Å². The molecule has 0 N–H and O–H groups in total. The molecule has 9 aromatic rings. The molecule has 0 saturated carbocycles. The molecule has 0 spiro atoms. The molecule has 2 radical (unpaired) electrons. The van der Waals surface area contributed by atoms with Gasteiger partial charge in [0.15, 0.2) is 0 Å². The third-order valence-corrected chi connectivity index (χ3v) is 10.00. The first-order chi connectivity index (χ1) is 25.5. The molecule has 0 bridgehead atoms. The summed E-state index contributed by atoms with van der Waals surface area (Å²) in [5.41, 5.74) is 7.18. The predicted octanol–water partition coefficient (Wildman–Crippen LogP) is 15.5. The number of fused-ring (bicyclic) bond motifs is 7. The number of rotatable bonds is 1. The standard InChI is InChI=1S/C24H17.C21H25.C6H5.CH3.2ClH.Si.Zr/c1-16-13-17-8-6-12-22(23(17)14-16)24-15-18-7-2-3-9-19(18)20-10-4-5-11-21(20)24;1-20(2,3)16-7-9-18-14(12-16)11-15-13-17(21(4,5)6)8-10-19(15)18;1-2-4-6-5-3-1;;;;;/h2-15H,1H3;7-13H,1-6H3;1-5H;1H3;2*1H;;/q4*-1;;;;. The smallest absolute Gasteiger partial charge is 0.171 e. The van der Waals surface area contributed by atoms with Gasteiger partial charge in [0.25, 0.3) is 0 Å². The first-order valence-electron chi connectivity index (χ1n) is 18.3. The molecule has 0 fully saturated rings. The van der Waals surface area contributed by atoms with Crippen molar-refractivity contribution in [1.29, 1.82) is 0 Å². The van der Waals surface area contributed by atoms with E-state index in [4.69, 9.17) is 0 Å². The quantitative estimate of drug-likeness (QED) is 0.0876. The third kappa shape index (κ3) is 10.4. The minimum absolute atomic E-state index is 0. The number of benzene rings is 7. The van der Waals surface area contributed by atoms with Gasteiger partial charge in [0, 0.05) is 0 Å². The largest absolute Gasteiger partial charge is 0.184 e. The van der Waals surface area contributed by atoms with Gasteiger partial charge in [0.1, 0.15) is 0 Å². The van der Waals surface area contributed by atoms with E-state index in [1.165, 1.54) is 105 Å². The van der Waals surface area contributed by atoms with Crippen molar-refractivity contribution in [3.05, 3.63) is 188 Å². The molecule has 4 heteroatoms. The van der Waals surface area contributed by atoms with Crippen molar-refractivity contribution in [2.24, 2.45) is 0 Å². The molecule has 0 atom stereocenters. The van der Waals surface area contributed by atoms with Crippen LogP contribution in [0.4, 0.5) is 0 Å². The minimum atomic E-state index is 0. The third-order valence-electron chi connectivity index (χ3n) is 10.00. The van der Waals surface area contributed by atoms with Crippen molar-refractivity contribution in [2.75, 3.05) is 0 Å². The molecular formula is C52H52Cl2SiZr-4. The van der Waals surface area contributed by atoms with Crippen LogP contribution in [0.3, 0.4) is 0 Å². The van der Waals surface area contributed by atoms with Crippen LogP contribution in [0.5, 0.6) is 0 Å². The van der Waals surface area contributed by atoms with Crippen molar-refractivity contribution in [3.63, 3.8) is 0 Å². The zero-order valence-corrected chi connectivity index (χ0v) is 38.9. The van der Waals surface area contributed by atoms with Crippen LogP contribution in [-0.4, -0.2) is 6.88 Å². The zero-order chi connectivity index (χ0) is 37.8. The summed E-state index contributed by atoms with van der Waals surface area (Å²) in [4.78, 5) is 0. The van der Waals surface area contributed by atoms with E-state index >= 15 is 0 Å². The Morgan fingerprint density at radius 2 is 1.00 bits per heavy atom. The van der Waals surface area contributed by atoms with E-state index in [2.05, 4.69) is 189 Å². The topological polar surface area (TPSA) is 0 Å². The average Bonchev–Trinajstić information content (AvgIpc) is 3.74. The van der Waals surface area contributed by atoms with Crippen molar-refractivity contribution >= 4 is 85.6 Å². The molecule has 286 valence electrons. The second kappa shape index (κ2) is 20.1. The fourth-order valence-electron chi connectivity index (χ4n) is 7.19. The Morgan fingerprint density at radius 1 is 0.464 bits per heavy atom. The minimum Gasteiger partial charge on any atom is -0.184 e. The Kier molecular flexibility index (Phi) is 16.7. The maximum atomic E-state index is 3.06. The van der Waals surface area contributed by atoms with Gasteiger partial charge in [-0.25, -0.2) is 0 Å². The monoisotopic (exact) mass is 864 g/mol. The summed E-state index contributed by atoms with van der Waals surface area (Å²) in [6, 6.07) is 59.6. The molecule has 0 nitrogen and oxygen atoms in total. The van der Waals surface area contributed by atoms with Crippen molar-refractivity contribution in [3.8, 4) is 11.1 Å². The molecule has 0 aliphatic carbocycles. The van der Waals surface area contributed by atoms with Gasteiger partial charge in [-0.2, -0.15) is 42.5 Å². The second-order valence-corrected chi connectivity index (χ2v) is 15.9. The van der Waals surface area contributed by atoms with E-state index in [1.807, 2.05) is 30.3 Å². The molecule has 0 saturated heterocycles. The van der Waals surface area contributed by atoms with Crippen LogP contribution in [0.2, 0.25) is 0 Å². The molecule has 0 aliphatic rings. The van der Waals surface area contributed by atoms with Gasteiger partial charge in [-0.15, -0.1) is 99.1 Å². The van der Waals surface area contributed by atoms with Gasteiger partial charge >= 0.3 is 30.2 Å². The first kappa shape index (κ1) is 46.6. The van der Waals surface area contributed by atoms with Crippen LogP contribution < -0.4 is 0 Å². The Labute approximate surface area is 364 Å². The molecule has 0 heterocycles. The maximum Gasteiger partial charge on any atom is -0.171 e. The molecule has 0 unspecified atom stereocenters. The van der Waals surface area contributed by atoms with E-state index in [1.54, 1.807) is 0 Å². The number of halogens is 2. The Hall–Kier alpha value is -3.78. The van der Waals surface area contributed by atoms with Crippen LogP contribution >= 0.6 is 24.8 Å². The van der Waals surface area contributed by atoms with Crippen LogP contribution in [0.1, 0.15) is 58.2 Å². The van der Waals surface area contributed by atoms with E-state index in [0.717, 1.165) is 0 Å². The average molecular weight is 867 g/mol. The summed E-state index contributed by atoms with van der Waals surface area (Å²) >= 11 is 1.36. The number of aryl methyl sites for hydroxylation is 1. The zero-order valence-electron chi connectivity index (χ0n) is 33.8. The van der Waals surface area contributed by atoms with E-state index < -0.39 is 0 Å². The molecule has 0 amide bonds. The van der Waals surface area contributed by atoms with Gasteiger partial charge in [-0.05, 0) is 44.0 Å². The molecule has 0 aromatic heterocycles. The van der Waals surface area contributed by atoms with Gasteiger partial charge in [-0.3, -0.25) is 0 Å². The first-order valence-corrected chi connectivity index (χ1v) is 22.5. The van der Waals surface area contributed by atoms with Crippen LogP contribution in [0.25, 0.3) is 65.0 Å². The maximum absolute atomic E-state index is 3.06. The summed E-state index contributed by atoms with van der Waals surface area (Å²) in [7, 11) is 0. The normalized spacial score (nSPS) is 10.8. The number of hydrogen-bond acceptors (Lipinski definition) is 0. The van der Waals surface area contributed by atoms with Gasteiger partial charge in [0.05, 0.1) is 0 Å². The predicted molar refractivity (Wildman–Crippen MR) is 251 cm³/mol. The fraction of sp³-hybridized carbons (Fsp3) is 0.173. The Balaban J connectivity index is 0.000000242. The molecule has 0 aliphatic heterocycles. The summed E-state index contributed by atoms with van der Waals surface area (Å²) in [6.45, 7) is 18.9. The Morgan fingerprint density at radius 3 is 1.52 bits per heavy atom. The van der Waals surface area contributed by atoms with Crippen molar-refractivity contribution in [2.45, 2.75) is 59.3 Å². The second-order valence-electron chi connectivity index (χ2n) is 15.9. The van der Waals surface area contributed by atoms with E-state index in [0.29, 0.717) is 0 Å². The Bertz CT molecular complexity index is 2540. The molecule has 56 heavy (non-hydrogen) atoms. The van der Waals surface area contributed by atoms with Crippen LogP contribution in [0, 0.1) is 20.4 Å². The van der Waals surface area contributed by atoms with Crippen molar-refractivity contribution < 1.29 is 23.3 Å². The summed E-state index contributed by atoms with van der Waals surface area (Å²) in [6.07, 6.45) is 0. The fourth-order valence-corrected chi connectivity index (χ4v) is 7.19. The molecule has 9 aromatic carbocycles. The SMILES string of the molecule is CC(C)(C)c1ccc2c(c1)[cH-]c1cc(C(C)(C)C)ccc12.Cc1cc2c(-c3cc4ccccc4c4ccccc34)cccc2[cH-]1.Cl.Cl.[CH3-].[Si]=[Zr].[c-]1ccccc1. The summed E-state index contributed by atoms with van der Waals surface area (Å²) in [5, 5.41) is 13.4. The van der Waals surface area contributed by atoms with E-state index in [9.17, 15) is 0 Å².